The van der Waals surface area contributed by atoms with Crippen molar-refractivity contribution in [2.24, 2.45) is 0 Å². The van der Waals surface area contributed by atoms with E-state index in [-0.39, 0.29) is 11.9 Å². The molecule has 2 aromatic rings. The fourth-order valence-corrected chi connectivity index (χ4v) is 2.04. The average Bonchev–Trinajstić information content (AvgIpc) is 2.57. The van der Waals surface area contributed by atoms with Crippen molar-refractivity contribution in [1.82, 2.24) is 9.55 Å². The van der Waals surface area contributed by atoms with Crippen molar-refractivity contribution in [3.05, 3.63) is 28.8 Å². The molecule has 0 bridgehead atoms. The second kappa shape index (κ2) is 4.98. The summed E-state index contributed by atoms with van der Waals surface area (Å²) in [4.78, 5) is 2.88. The Balaban J connectivity index is 2.31. The summed E-state index contributed by atoms with van der Waals surface area (Å²) in [6.07, 6.45) is 0.186. The number of benzene rings is 1. The zero-order chi connectivity index (χ0) is 12.4. The molecule has 0 aliphatic heterocycles. The van der Waals surface area contributed by atoms with Gasteiger partial charge in [-0.1, -0.05) is 6.07 Å². The van der Waals surface area contributed by atoms with E-state index in [2.05, 4.69) is 4.98 Å². The summed E-state index contributed by atoms with van der Waals surface area (Å²) >= 11 is 5.18. The molecule has 0 radical (unpaired) electrons. The van der Waals surface area contributed by atoms with Gasteiger partial charge >= 0.3 is 0 Å². The van der Waals surface area contributed by atoms with Crippen molar-refractivity contribution in [3.8, 4) is 0 Å². The summed E-state index contributed by atoms with van der Waals surface area (Å²) in [6.45, 7) is 5.15. The van der Waals surface area contributed by atoms with E-state index in [0.717, 1.165) is 5.52 Å². The number of aromatic amines is 1. The smallest absolute Gasteiger partial charge is 0.178 e. The van der Waals surface area contributed by atoms with E-state index in [1.165, 1.54) is 6.07 Å². The van der Waals surface area contributed by atoms with Crippen LogP contribution in [0.3, 0.4) is 0 Å². The average molecular weight is 254 g/mol. The highest BCUT2D eigenvalue weighted by atomic mass is 32.1. The van der Waals surface area contributed by atoms with Gasteiger partial charge in [0.15, 0.2) is 4.77 Å². The van der Waals surface area contributed by atoms with Crippen LogP contribution in [0.15, 0.2) is 18.2 Å². The van der Waals surface area contributed by atoms with E-state index in [4.69, 9.17) is 17.0 Å². The molecule has 1 aromatic heterocycles. The maximum atomic E-state index is 13.5. The van der Waals surface area contributed by atoms with Crippen molar-refractivity contribution < 1.29 is 9.13 Å². The van der Waals surface area contributed by atoms with Crippen molar-refractivity contribution in [2.45, 2.75) is 26.5 Å². The summed E-state index contributed by atoms with van der Waals surface area (Å²) < 4.78 is 21.4. The molecule has 1 heterocycles. The predicted molar refractivity (Wildman–Crippen MR) is 68.2 cm³/mol. The van der Waals surface area contributed by atoms with E-state index >= 15 is 0 Å². The van der Waals surface area contributed by atoms with Gasteiger partial charge in [-0.25, -0.2) is 4.39 Å². The summed E-state index contributed by atoms with van der Waals surface area (Å²) in [7, 11) is 0. The Labute approximate surface area is 104 Å². The van der Waals surface area contributed by atoms with Crippen LogP contribution in [0.1, 0.15) is 13.8 Å². The Morgan fingerprint density at radius 1 is 1.47 bits per heavy atom. The Bertz CT molecular complexity index is 573. The zero-order valence-corrected chi connectivity index (χ0v) is 10.7. The fraction of sp³-hybridized carbons (Fsp3) is 0.417. The highest BCUT2D eigenvalue weighted by Gasteiger charge is 2.07. The van der Waals surface area contributed by atoms with Crippen LogP contribution in [-0.4, -0.2) is 22.3 Å². The number of aromatic nitrogens is 2. The van der Waals surface area contributed by atoms with Crippen LogP contribution < -0.4 is 0 Å². The first-order valence-corrected chi connectivity index (χ1v) is 5.99. The second-order valence-electron chi connectivity index (χ2n) is 4.14. The highest BCUT2D eigenvalue weighted by molar-refractivity contribution is 7.71. The van der Waals surface area contributed by atoms with E-state index in [0.29, 0.717) is 23.4 Å². The fourth-order valence-electron chi connectivity index (χ4n) is 1.75. The van der Waals surface area contributed by atoms with Crippen molar-refractivity contribution in [3.63, 3.8) is 0 Å². The van der Waals surface area contributed by atoms with Gasteiger partial charge in [-0.3, -0.25) is 0 Å². The first-order chi connectivity index (χ1) is 8.09. The Hall–Kier alpha value is -1.20. The topological polar surface area (TPSA) is 29.9 Å². The summed E-state index contributed by atoms with van der Waals surface area (Å²) in [5, 5.41) is 0. The third kappa shape index (κ3) is 2.56. The third-order valence-electron chi connectivity index (χ3n) is 2.53. The van der Waals surface area contributed by atoms with Gasteiger partial charge in [0.25, 0.3) is 0 Å². The van der Waals surface area contributed by atoms with Crippen LogP contribution in [0.5, 0.6) is 0 Å². The van der Waals surface area contributed by atoms with Crippen LogP contribution in [0.2, 0.25) is 0 Å². The van der Waals surface area contributed by atoms with Crippen molar-refractivity contribution in [1.29, 1.82) is 0 Å². The number of hydrogen-bond acceptors (Lipinski definition) is 2. The van der Waals surface area contributed by atoms with E-state index in [1.807, 2.05) is 24.5 Å². The summed E-state index contributed by atoms with van der Waals surface area (Å²) in [5.74, 6) is -0.280. The van der Waals surface area contributed by atoms with Gasteiger partial charge in [0, 0.05) is 6.54 Å². The molecule has 0 unspecified atom stereocenters. The molecule has 0 saturated heterocycles. The lowest BCUT2D eigenvalue weighted by Gasteiger charge is -2.08. The van der Waals surface area contributed by atoms with Crippen LogP contribution in [0, 0.1) is 10.6 Å². The molecule has 0 aliphatic rings. The SMILES string of the molecule is CC(C)OCCn1c(=S)[nH]c2c(F)cccc21. The molecule has 0 aliphatic carbocycles. The second-order valence-corrected chi connectivity index (χ2v) is 4.52. The number of H-pyrrole nitrogens is 1. The number of hydrogen-bond donors (Lipinski definition) is 1. The number of para-hydroxylation sites is 1. The molecule has 0 spiro atoms. The monoisotopic (exact) mass is 254 g/mol. The number of rotatable bonds is 4. The molecule has 3 nitrogen and oxygen atoms in total. The van der Waals surface area contributed by atoms with Crippen LogP contribution >= 0.6 is 12.2 Å². The van der Waals surface area contributed by atoms with Gasteiger partial charge in [0.2, 0.25) is 0 Å². The number of ether oxygens (including phenoxy) is 1. The molecule has 92 valence electrons. The minimum absolute atomic E-state index is 0.186. The largest absolute Gasteiger partial charge is 0.377 e. The Kier molecular flexibility index (Phi) is 3.59. The molecule has 2 rings (SSSR count). The molecule has 0 saturated carbocycles. The molecular formula is C12H15FN2OS. The lowest BCUT2D eigenvalue weighted by Crippen LogP contribution is -2.10. The van der Waals surface area contributed by atoms with Gasteiger partial charge in [0.1, 0.15) is 11.3 Å². The molecular weight excluding hydrogens is 239 g/mol. The third-order valence-corrected chi connectivity index (χ3v) is 2.85. The number of fused-ring (bicyclic) bond motifs is 1. The number of halogens is 1. The Morgan fingerprint density at radius 2 is 2.24 bits per heavy atom. The minimum Gasteiger partial charge on any atom is -0.377 e. The van der Waals surface area contributed by atoms with Crippen LogP contribution in [-0.2, 0) is 11.3 Å². The standard InChI is InChI=1S/C12H15FN2OS/c1-8(2)16-7-6-15-10-5-3-4-9(13)11(10)14-12(15)17/h3-5,8H,6-7H2,1-2H3,(H,14,17). The van der Waals surface area contributed by atoms with Crippen molar-refractivity contribution in [2.75, 3.05) is 6.61 Å². The van der Waals surface area contributed by atoms with E-state index < -0.39 is 0 Å². The molecule has 1 N–H and O–H groups in total. The highest BCUT2D eigenvalue weighted by Crippen LogP contribution is 2.17. The van der Waals surface area contributed by atoms with Gasteiger partial charge < -0.3 is 14.3 Å². The van der Waals surface area contributed by atoms with Crippen molar-refractivity contribution >= 4 is 23.3 Å². The van der Waals surface area contributed by atoms with E-state index in [9.17, 15) is 4.39 Å². The van der Waals surface area contributed by atoms with E-state index in [1.54, 1.807) is 6.07 Å². The maximum absolute atomic E-state index is 13.5. The number of nitrogens with zero attached hydrogens (tertiary/aromatic N) is 1. The number of nitrogens with one attached hydrogen (secondary N) is 1. The quantitative estimate of drug-likeness (QED) is 0.849. The molecule has 0 amide bonds. The summed E-state index contributed by atoms with van der Waals surface area (Å²) in [5.41, 5.74) is 1.24. The van der Waals surface area contributed by atoms with Gasteiger partial charge in [0.05, 0.1) is 18.2 Å². The van der Waals surface area contributed by atoms with Gasteiger partial charge in [-0.05, 0) is 38.2 Å². The number of imidazole rings is 1. The molecule has 1 aromatic carbocycles. The molecule has 5 heteroatoms. The normalized spacial score (nSPS) is 11.5. The summed E-state index contributed by atoms with van der Waals surface area (Å²) in [6, 6.07) is 4.95. The lowest BCUT2D eigenvalue weighted by atomic mass is 10.3. The Morgan fingerprint density at radius 3 is 2.94 bits per heavy atom. The lowest BCUT2D eigenvalue weighted by molar-refractivity contribution is 0.0731. The van der Waals surface area contributed by atoms with Crippen LogP contribution in [0.4, 0.5) is 4.39 Å². The van der Waals surface area contributed by atoms with Gasteiger partial charge in [-0.15, -0.1) is 0 Å². The molecule has 0 atom stereocenters. The van der Waals surface area contributed by atoms with Crippen LogP contribution in [0.25, 0.3) is 11.0 Å². The molecule has 17 heavy (non-hydrogen) atoms. The first kappa shape index (κ1) is 12.3. The molecule has 0 fully saturated rings. The minimum atomic E-state index is -0.280. The maximum Gasteiger partial charge on any atom is 0.178 e. The zero-order valence-electron chi connectivity index (χ0n) is 9.87. The predicted octanol–water partition coefficient (Wildman–Crippen LogP) is 3.26. The van der Waals surface area contributed by atoms with Gasteiger partial charge in [-0.2, -0.15) is 0 Å². The first-order valence-electron chi connectivity index (χ1n) is 5.58.